The van der Waals surface area contributed by atoms with Gasteiger partial charge >= 0.3 is 5.97 Å². The highest BCUT2D eigenvalue weighted by Crippen LogP contribution is 2.16. The highest BCUT2D eigenvalue weighted by molar-refractivity contribution is 5.81. The maximum Gasteiger partial charge on any atom is 0.344 e. The topological polar surface area (TPSA) is 65.1 Å². The summed E-state index contributed by atoms with van der Waals surface area (Å²) in [5.41, 5.74) is 0. The lowest BCUT2D eigenvalue weighted by Crippen LogP contribution is -2.38. The van der Waals surface area contributed by atoms with Crippen LogP contribution in [-0.4, -0.2) is 50.2 Å². The van der Waals surface area contributed by atoms with Gasteiger partial charge in [-0.3, -0.25) is 4.79 Å². The molecule has 0 aromatic heterocycles. The van der Waals surface area contributed by atoms with Gasteiger partial charge in [0.1, 0.15) is 11.5 Å². The molecule has 0 bridgehead atoms. The lowest BCUT2D eigenvalue weighted by Gasteiger charge is -2.26. The molecular formula is C16H21NO5. The fraction of sp³-hybridized carbons (Fsp3) is 0.500. The summed E-state index contributed by atoms with van der Waals surface area (Å²) in [7, 11) is 1.58. The van der Waals surface area contributed by atoms with Gasteiger partial charge in [-0.1, -0.05) is 0 Å². The Morgan fingerprint density at radius 2 is 1.64 bits per heavy atom. The van der Waals surface area contributed by atoms with E-state index in [9.17, 15) is 9.59 Å². The first-order valence-electron chi connectivity index (χ1n) is 7.39. The minimum Gasteiger partial charge on any atom is -0.497 e. The van der Waals surface area contributed by atoms with Crippen molar-refractivity contribution in [3.8, 4) is 11.5 Å². The van der Waals surface area contributed by atoms with Crippen molar-refractivity contribution in [2.24, 2.45) is 0 Å². The Morgan fingerprint density at radius 3 is 2.27 bits per heavy atom. The van der Waals surface area contributed by atoms with Crippen molar-refractivity contribution in [1.29, 1.82) is 0 Å². The molecule has 0 spiro atoms. The molecule has 2 rings (SSSR count). The van der Waals surface area contributed by atoms with E-state index in [1.54, 1.807) is 36.3 Å². The van der Waals surface area contributed by atoms with Crippen LogP contribution in [0.15, 0.2) is 24.3 Å². The third-order valence-corrected chi connectivity index (χ3v) is 3.48. The van der Waals surface area contributed by atoms with Crippen LogP contribution in [0.4, 0.5) is 0 Å². The van der Waals surface area contributed by atoms with Crippen molar-refractivity contribution in [1.82, 2.24) is 4.90 Å². The number of carbonyl (C=O) groups is 2. The van der Waals surface area contributed by atoms with Crippen molar-refractivity contribution in [3.63, 3.8) is 0 Å². The second-order valence-electron chi connectivity index (χ2n) is 5.07. The Labute approximate surface area is 129 Å². The molecule has 0 aliphatic carbocycles. The molecule has 1 aromatic carbocycles. The number of ether oxygens (including phenoxy) is 3. The maximum absolute atomic E-state index is 11.8. The first-order chi connectivity index (χ1) is 10.7. The van der Waals surface area contributed by atoms with Crippen molar-refractivity contribution in [2.45, 2.75) is 19.3 Å². The largest absolute Gasteiger partial charge is 0.497 e. The zero-order valence-corrected chi connectivity index (χ0v) is 12.7. The number of likely N-dealkylation sites (tertiary alicyclic amines) is 1. The molecule has 1 heterocycles. The van der Waals surface area contributed by atoms with Crippen LogP contribution in [0.3, 0.4) is 0 Å². The minimum atomic E-state index is -0.554. The molecule has 0 saturated carbocycles. The van der Waals surface area contributed by atoms with E-state index in [1.165, 1.54) is 0 Å². The smallest absolute Gasteiger partial charge is 0.344 e. The summed E-state index contributed by atoms with van der Waals surface area (Å²) in [6.45, 7) is 1.06. The molecule has 1 aliphatic rings. The van der Waals surface area contributed by atoms with E-state index in [4.69, 9.17) is 14.2 Å². The Bertz CT molecular complexity index is 494. The number of piperidine rings is 1. The van der Waals surface area contributed by atoms with Gasteiger partial charge < -0.3 is 19.1 Å². The second-order valence-corrected chi connectivity index (χ2v) is 5.07. The SMILES string of the molecule is COc1ccc(OCC(=O)OCC(=O)N2CCCCC2)cc1. The number of esters is 1. The summed E-state index contributed by atoms with van der Waals surface area (Å²) in [5, 5.41) is 0. The van der Waals surface area contributed by atoms with E-state index in [0.29, 0.717) is 11.5 Å². The van der Waals surface area contributed by atoms with Gasteiger partial charge in [0.2, 0.25) is 0 Å². The molecule has 1 saturated heterocycles. The van der Waals surface area contributed by atoms with Crippen molar-refractivity contribution >= 4 is 11.9 Å². The molecule has 22 heavy (non-hydrogen) atoms. The van der Waals surface area contributed by atoms with Crippen molar-refractivity contribution in [3.05, 3.63) is 24.3 Å². The Hall–Kier alpha value is -2.24. The van der Waals surface area contributed by atoms with Crippen LogP contribution in [0.25, 0.3) is 0 Å². The fourth-order valence-electron chi connectivity index (χ4n) is 2.23. The average molecular weight is 307 g/mol. The molecule has 120 valence electrons. The molecule has 1 fully saturated rings. The summed E-state index contributed by atoms with van der Waals surface area (Å²) in [6.07, 6.45) is 3.18. The molecule has 0 unspecified atom stereocenters. The number of carbonyl (C=O) groups excluding carboxylic acids is 2. The molecule has 1 aliphatic heterocycles. The van der Waals surface area contributed by atoms with Gasteiger partial charge in [-0.2, -0.15) is 0 Å². The monoisotopic (exact) mass is 307 g/mol. The van der Waals surface area contributed by atoms with E-state index in [1.807, 2.05) is 0 Å². The van der Waals surface area contributed by atoms with Crippen LogP contribution in [-0.2, 0) is 14.3 Å². The Kier molecular flexibility index (Phi) is 6.06. The number of nitrogens with zero attached hydrogens (tertiary/aromatic N) is 1. The molecule has 6 nitrogen and oxygen atoms in total. The van der Waals surface area contributed by atoms with Crippen LogP contribution in [0.1, 0.15) is 19.3 Å². The molecule has 0 N–H and O–H groups in total. The Morgan fingerprint density at radius 1 is 1.00 bits per heavy atom. The summed E-state index contributed by atoms with van der Waals surface area (Å²) in [5.74, 6) is 0.556. The van der Waals surface area contributed by atoms with Gasteiger partial charge in [-0.15, -0.1) is 0 Å². The van der Waals surface area contributed by atoms with Crippen molar-refractivity contribution in [2.75, 3.05) is 33.4 Å². The Balaban J connectivity index is 1.67. The number of rotatable bonds is 6. The third-order valence-electron chi connectivity index (χ3n) is 3.48. The van der Waals surface area contributed by atoms with Crippen LogP contribution in [0.2, 0.25) is 0 Å². The van der Waals surface area contributed by atoms with Gasteiger partial charge in [-0.25, -0.2) is 4.79 Å². The molecular weight excluding hydrogens is 286 g/mol. The summed E-state index contributed by atoms with van der Waals surface area (Å²) in [4.78, 5) is 25.2. The number of hydrogen-bond donors (Lipinski definition) is 0. The highest BCUT2D eigenvalue weighted by atomic mass is 16.6. The number of benzene rings is 1. The van der Waals surface area contributed by atoms with Crippen LogP contribution in [0, 0.1) is 0 Å². The van der Waals surface area contributed by atoms with Crippen LogP contribution >= 0.6 is 0 Å². The van der Waals surface area contributed by atoms with E-state index in [-0.39, 0.29) is 19.1 Å². The van der Waals surface area contributed by atoms with Gasteiger partial charge in [-0.05, 0) is 43.5 Å². The zero-order chi connectivity index (χ0) is 15.8. The number of methoxy groups -OCH3 is 1. The van der Waals surface area contributed by atoms with E-state index in [2.05, 4.69) is 0 Å². The first kappa shape index (κ1) is 16.1. The normalized spacial score (nSPS) is 14.3. The number of amides is 1. The van der Waals surface area contributed by atoms with E-state index < -0.39 is 5.97 Å². The molecule has 0 atom stereocenters. The molecule has 1 amide bonds. The summed E-state index contributed by atoms with van der Waals surface area (Å²) >= 11 is 0. The van der Waals surface area contributed by atoms with Gasteiger partial charge in [0.15, 0.2) is 13.2 Å². The third kappa shape index (κ3) is 4.95. The quantitative estimate of drug-likeness (QED) is 0.747. The van der Waals surface area contributed by atoms with E-state index in [0.717, 1.165) is 32.4 Å². The highest BCUT2D eigenvalue weighted by Gasteiger charge is 2.18. The average Bonchev–Trinajstić information content (AvgIpc) is 2.59. The fourth-order valence-corrected chi connectivity index (χ4v) is 2.23. The summed E-state index contributed by atoms with van der Waals surface area (Å²) in [6, 6.07) is 6.87. The minimum absolute atomic E-state index is 0.141. The molecule has 1 aromatic rings. The predicted octanol–water partition coefficient (Wildman–Crippen LogP) is 1.63. The maximum atomic E-state index is 11.8. The lowest BCUT2D eigenvalue weighted by atomic mass is 10.1. The van der Waals surface area contributed by atoms with Gasteiger partial charge in [0.05, 0.1) is 7.11 Å². The van der Waals surface area contributed by atoms with Gasteiger partial charge in [0.25, 0.3) is 5.91 Å². The standard InChI is InChI=1S/C16H21NO5/c1-20-13-5-7-14(8-6-13)21-12-16(19)22-11-15(18)17-9-3-2-4-10-17/h5-8H,2-4,9-12H2,1H3. The lowest BCUT2D eigenvalue weighted by molar-refractivity contribution is -0.154. The predicted molar refractivity (Wildman–Crippen MR) is 79.9 cm³/mol. The number of hydrogen-bond acceptors (Lipinski definition) is 5. The first-order valence-corrected chi connectivity index (χ1v) is 7.39. The van der Waals surface area contributed by atoms with Gasteiger partial charge in [0, 0.05) is 13.1 Å². The summed E-state index contributed by atoms with van der Waals surface area (Å²) < 4.78 is 15.3. The second kappa shape index (κ2) is 8.26. The van der Waals surface area contributed by atoms with Crippen molar-refractivity contribution < 1.29 is 23.8 Å². The zero-order valence-electron chi connectivity index (χ0n) is 12.7. The van der Waals surface area contributed by atoms with E-state index >= 15 is 0 Å². The molecule has 6 heteroatoms. The van der Waals surface area contributed by atoms with Crippen LogP contribution in [0.5, 0.6) is 11.5 Å². The van der Waals surface area contributed by atoms with Crippen LogP contribution < -0.4 is 9.47 Å². The molecule has 0 radical (unpaired) electrons.